The second-order valence-electron chi connectivity index (χ2n) is 6.95. The number of hydrogen-bond acceptors (Lipinski definition) is 2. The maximum Gasteiger partial charge on any atom is 0.160 e. The number of Topliss-reactive ketones (excluding diaryl/α,β-unsaturated/α-hetero) is 1. The average molecular weight is 350 g/mol. The van der Waals surface area contributed by atoms with Crippen LogP contribution in [0, 0.1) is 6.92 Å². The lowest BCUT2D eigenvalue weighted by atomic mass is 9.81. The first-order chi connectivity index (χ1) is 13.2. The van der Waals surface area contributed by atoms with Crippen molar-refractivity contribution in [1.82, 2.24) is 0 Å². The molecular weight excluding hydrogens is 332 g/mol. The van der Waals surface area contributed by atoms with Crippen molar-refractivity contribution < 1.29 is 9.53 Å². The van der Waals surface area contributed by atoms with Gasteiger partial charge in [-0.05, 0) is 42.5 Å². The predicted octanol–water partition coefficient (Wildman–Crippen LogP) is 6.79. The van der Waals surface area contributed by atoms with Gasteiger partial charge in [-0.15, -0.1) is 0 Å². The molecule has 0 aliphatic carbocycles. The number of carbonyl (C=O) groups is 1. The van der Waals surface area contributed by atoms with Crippen molar-refractivity contribution in [2.75, 3.05) is 0 Å². The zero-order valence-electron chi connectivity index (χ0n) is 15.2. The summed E-state index contributed by atoms with van der Waals surface area (Å²) in [6.07, 6.45) is 0. The molecule has 0 atom stereocenters. The Balaban J connectivity index is 2.07. The number of fused-ring (bicyclic) bond motifs is 2. The number of hydrogen-bond donors (Lipinski definition) is 0. The standard InChI is InChI=1S/C25H18O2/c1-15-18-12-8-14-21-24(18)25(19-11-6-7-13-20(19)27-21)23(22(15)16(2)26)17-9-4-3-5-10-17/h3-14H,1-2H3. The minimum absolute atomic E-state index is 0.0823. The van der Waals surface area contributed by atoms with Crippen LogP contribution in [-0.4, -0.2) is 5.78 Å². The minimum Gasteiger partial charge on any atom is -0.456 e. The van der Waals surface area contributed by atoms with Crippen LogP contribution in [0.3, 0.4) is 0 Å². The molecule has 0 spiro atoms. The van der Waals surface area contributed by atoms with Gasteiger partial charge in [-0.3, -0.25) is 4.79 Å². The van der Waals surface area contributed by atoms with E-state index >= 15 is 0 Å². The van der Waals surface area contributed by atoms with Gasteiger partial charge in [0.05, 0.1) is 0 Å². The molecule has 2 heteroatoms. The van der Waals surface area contributed by atoms with Crippen molar-refractivity contribution in [3.8, 4) is 33.8 Å². The largest absolute Gasteiger partial charge is 0.456 e. The lowest BCUT2D eigenvalue weighted by Crippen LogP contribution is -2.07. The topological polar surface area (TPSA) is 26.3 Å². The molecule has 1 heterocycles. The van der Waals surface area contributed by atoms with E-state index in [2.05, 4.69) is 24.3 Å². The molecule has 130 valence electrons. The van der Waals surface area contributed by atoms with Crippen LogP contribution in [0.15, 0.2) is 72.8 Å². The van der Waals surface area contributed by atoms with Crippen molar-refractivity contribution in [3.05, 3.63) is 83.9 Å². The summed E-state index contributed by atoms with van der Waals surface area (Å²) in [5, 5.41) is 2.15. The molecule has 27 heavy (non-hydrogen) atoms. The van der Waals surface area contributed by atoms with Gasteiger partial charge in [0.1, 0.15) is 11.5 Å². The molecule has 4 aromatic rings. The second-order valence-corrected chi connectivity index (χ2v) is 6.95. The Morgan fingerprint density at radius 3 is 2.26 bits per heavy atom. The molecule has 0 unspecified atom stereocenters. The van der Waals surface area contributed by atoms with Gasteiger partial charge in [-0.2, -0.15) is 0 Å². The van der Waals surface area contributed by atoms with Gasteiger partial charge < -0.3 is 4.74 Å². The second kappa shape index (κ2) is 5.82. The molecule has 0 N–H and O–H groups in total. The Morgan fingerprint density at radius 1 is 0.778 bits per heavy atom. The van der Waals surface area contributed by atoms with E-state index in [4.69, 9.17) is 4.74 Å². The van der Waals surface area contributed by atoms with Crippen molar-refractivity contribution >= 4 is 16.6 Å². The highest BCUT2D eigenvalue weighted by Crippen LogP contribution is 2.52. The summed E-state index contributed by atoms with van der Waals surface area (Å²) < 4.78 is 6.21. The third-order valence-electron chi connectivity index (χ3n) is 5.35. The van der Waals surface area contributed by atoms with Crippen LogP contribution >= 0.6 is 0 Å². The zero-order valence-corrected chi connectivity index (χ0v) is 15.2. The van der Waals surface area contributed by atoms with Crippen LogP contribution in [0.4, 0.5) is 0 Å². The lowest BCUT2D eigenvalue weighted by molar-refractivity contribution is 0.101. The molecule has 5 rings (SSSR count). The normalized spacial score (nSPS) is 11.8. The van der Waals surface area contributed by atoms with Gasteiger partial charge in [0.15, 0.2) is 5.78 Å². The summed E-state index contributed by atoms with van der Waals surface area (Å²) in [7, 11) is 0. The summed E-state index contributed by atoms with van der Waals surface area (Å²) in [5.74, 6) is 1.75. The van der Waals surface area contributed by atoms with Gasteiger partial charge in [0, 0.05) is 27.6 Å². The Labute approximate surface area is 158 Å². The highest BCUT2D eigenvalue weighted by molar-refractivity contribution is 6.18. The molecule has 0 saturated carbocycles. The van der Waals surface area contributed by atoms with Gasteiger partial charge in [-0.1, -0.05) is 60.7 Å². The van der Waals surface area contributed by atoms with E-state index in [1.54, 1.807) is 6.92 Å². The quantitative estimate of drug-likeness (QED) is 0.328. The Bertz CT molecular complexity index is 1220. The predicted molar refractivity (Wildman–Crippen MR) is 110 cm³/mol. The van der Waals surface area contributed by atoms with Gasteiger partial charge in [0.25, 0.3) is 0 Å². The Morgan fingerprint density at radius 2 is 1.48 bits per heavy atom. The highest BCUT2D eigenvalue weighted by atomic mass is 16.5. The lowest BCUT2D eigenvalue weighted by Gasteiger charge is -2.27. The van der Waals surface area contributed by atoms with Crippen molar-refractivity contribution in [2.24, 2.45) is 0 Å². The van der Waals surface area contributed by atoms with Crippen LogP contribution in [0.2, 0.25) is 0 Å². The number of ether oxygens (including phenoxy) is 1. The van der Waals surface area contributed by atoms with Crippen molar-refractivity contribution in [1.29, 1.82) is 0 Å². The van der Waals surface area contributed by atoms with E-state index < -0.39 is 0 Å². The number of carbonyl (C=O) groups excluding carboxylic acids is 1. The van der Waals surface area contributed by atoms with Gasteiger partial charge >= 0.3 is 0 Å². The molecule has 4 aromatic carbocycles. The average Bonchev–Trinajstić information content (AvgIpc) is 2.70. The van der Waals surface area contributed by atoms with Crippen LogP contribution in [0.25, 0.3) is 33.0 Å². The molecule has 0 bridgehead atoms. The van der Waals surface area contributed by atoms with Crippen molar-refractivity contribution in [3.63, 3.8) is 0 Å². The summed E-state index contributed by atoms with van der Waals surface area (Å²) in [6.45, 7) is 3.69. The zero-order chi connectivity index (χ0) is 18.5. The molecule has 1 aliphatic rings. The number of ketones is 1. The maximum absolute atomic E-state index is 12.8. The fraction of sp³-hybridized carbons (Fsp3) is 0.0800. The maximum atomic E-state index is 12.8. The molecular formula is C25H18O2. The molecule has 0 fully saturated rings. The first-order valence-corrected chi connectivity index (χ1v) is 9.09. The van der Waals surface area contributed by atoms with Gasteiger partial charge in [0.2, 0.25) is 0 Å². The van der Waals surface area contributed by atoms with Crippen LogP contribution in [0.1, 0.15) is 22.8 Å². The van der Waals surface area contributed by atoms with E-state index in [0.717, 1.165) is 55.7 Å². The van der Waals surface area contributed by atoms with Crippen LogP contribution in [-0.2, 0) is 0 Å². The SMILES string of the molecule is CC(=O)c1c(-c2ccccc2)c2c3c(cccc3c1C)Oc1ccccc1-2. The molecule has 0 amide bonds. The molecule has 1 aliphatic heterocycles. The minimum atomic E-state index is 0.0823. The summed E-state index contributed by atoms with van der Waals surface area (Å²) in [5.41, 5.74) is 5.96. The number of rotatable bonds is 2. The van der Waals surface area contributed by atoms with E-state index in [9.17, 15) is 4.79 Å². The summed E-state index contributed by atoms with van der Waals surface area (Å²) >= 11 is 0. The summed E-state index contributed by atoms with van der Waals surface area (Å²) in [6, 6.07) is 24.3. The van der Waals surface area contributed by atoms with Crippen LogP contribution < -0.4 is 4.74 Å². The number of benzene rings is 4. The molecule has 0 radical (unpaired) electrons. The third-order valence-corrected chi connectivity index (χ3v) is 5.35. The Kier molecular flexibility index (Phi) is 3.41. The summed E-state index contributed by atoms with van der Waals surface area (Å²) in [4.78, 5) is 12.8. The van der Waals surface area contributed by atoms with E-state index in [1.807, 2.05) is 55.5 Å². The van der Waals surface area contributed by atoms with Crippen molar-refractivity contribution in [2.45, 2.75) is 13.8 Å². The van der Waals surface area contributed by atoms with Crippen LogP contribution in [0.5, 0.6) is 11.5 Å². The van der Waals surface area contributed by atoms with Gasteiger partial charge in [-0.25, -0.2) is 0 Å². The first kappa shape index (κ1) is 15.8. The fourth-order valence-electron chi connectivity index (χ4n) is 4.24. The van der Waals surface area contributed by atoms with E-state index in [1.165, 1.54) is 0 Å². The highest BCUT2D eigenvalue weighted by Gasteiger charge is 2.28. The smallest absolute Gasteiger partial charge is 0.160 e. The molecule has 2 nitrogen and oxygen atoms in total. The fourth-order valence-corrected chi connectivity index (χ4v) is 4.24. The van der Waals surface area contributed by atoms with E-state index in [-0.39, 0.29) is 5.78 Å². The monoisotopic (exact) mass is 350 g/mol. The number of para-hydroxylation sites is 1. The Hall–Kier alpha value is -3.39. The number of aryl methyl sites for hydroxylation is 1. The van der Waals surface area contributed by atoms with E-state index in [0.29, 0.717) is 0 Å². The molecule has 0 saturated heterocycles. The third kappa shape index (κ3) is 2.23. The first-order valence-electron chi connectivity index (χ1n) is 9.09. The molecule has 0 aromatic heterocycles.